The molecule has 0 saturated carbocycles. The Morgan fingerprint density at radius 3 is 2.43 bits per heavy atom. The van der Waals surface area contributed by atoms with Gasteiger partial charge in [0.15, 0.2) is 9.84 Å². The van der Waals surface area contributed by atoms with E-state index in [1.54, 1.807) is 16.9 Å². The summed E-state index contributed by atoms with van der Waals surface area (Å²) >= 11 is 0. The maximum absolute atomic E-state index is 12.6. The number of hydrogen-bond acceptors (Lipinski definition) is 3. The highest BCUT2D eigenvalue weighted by atomic mass is 32.2. The van der Waals surface area contributed by atoms with E-state index in [1.165, 1.54) is 0 Å². The lowest BCUT2D eigenvalue weighted by molar-refractivity contribution is 0.514. The summed E-state index contributed by atoms with van der Waals surface area (Å²) in [5.74, 6) is 0.0745. The van der Waals surface area contributed by atoms with Crippen molar-refractivity contribution >= 4 is 9.84 Å². The van der Waals surface area contributed by atoms with Gasteiger partial charge in [0.05, 0.1) is 17.2 Å². The molecule has 5 heteroatoms. The van der Waals surface area contributed by atoms with Crippen LogP contribution in [0.1, 0.15) is 57.5 Å². The van der Waals surface area contributed by atoms with Gasteiger partial charge in [-0.3, -0.25) is 4.68 Å². The maximum Gasteiger partial charge on any atom is 0.160 e. The first kappa shape index (κ1) is 17.7. The summed E-state index contributed by atoms with van der Waals surface area (Å²) < 4.78 is 26.9. The van der Waals surface area contributed by atoms with E-state index < -0.39 is 9.84 Å². The molecule has 0 unspecified atom stereocenters. The van der Waals surface area contributed by atoms with E-state index >= 15 is 0 Å². The lowest BCUT2D eigenvalue weighted by atomic mass is 9.86. The van der Waals surface area contributed by atoms with Crippen LogP contribution in [-0.2, 0) is 26.8 Å². The lowest BCUT2D eigenvalue weighted by Gasteiger charge is -2.19. The molecule has 0 amide bonds. The van der Waals surface area contributed by atoms with Crippen LogP contribution >= 0.6 is 0 Å². The zero-order chi connectivity index (χ0) is 17.3. The minimum atomic E-state index is -3.24. The van der Waals surface area contributed by atoms with Gasteiger partial charge in [-0.05, 0) is 36.5 Å². The van der Waals surface area contributed by atoms with Crippen molar-refractivity contribution in [3.05, 3.63) is 53.3 Å². The summed E-state index contributed by atoms with van der Waals surface area (Å²) in [6.07, 6.45) is 1.66. The highest BCUT2D eigenvalue weighted by molar-refractivity contribution is 7.89. The van der Waals surface area contributed by atoms with Crippen LogP contribution in [0.25, 0.3) is 0 Å². The van der Waals surface area contributed by atoms with Crippen LogP contribution in [-0.4, -0.2) is 18.2 Å². The molecule has 1 heterocycles. The minimum Gasteiger partial charge on any atom is -0.266 e. The third-order valence-corrected chi connectivity index (χ3v) is 5.30. The zero-order valence-corrected chi connectivity index (χ0v) is 15.4. The molecule has 23 heavy (non-hydrogen) atoms. The third kappa shape index (κ3) is 4.67. The van der Waals surface area contributed by atoms with Crippen molar-refractivity contribution in [1.82, 2.24) is 9.78 Å². The molecule has 0 spiro atoms. The molecule has 0 aliphatic carbocycles. The number of nitrogens with zero attached hydrogens (tertiary/aromatic N) is 2. The first-order valence-electron chi connectivity index (χ1n) is 7.91. The van der Waals surface area contributed by atoms with E-state index in [9.17, 15) is 8.42 Å². The summed E-state index contributed by atoms with van der Waals surface area (Å²) in [7, 11) is -3.24. The van der Waals surface area contributed by atoms with Crippen molar-refractivity contribution in [2.45, 2.75) is 57.6 Å². The van der Waals surface area contributed by atoms with Gasteiger partial charge < -0.3 is 0 Å². The second-order valence-corrected chi connectivity index (χ2v) is 9.41. The van der Waals surface area contributed by atoms with Gasteiger partial charge in [-0.2, -0.15) is 5.10 Å². The second-order valence-electron chi connectivity index (χ2n) is 7.34. The topological polar surface area (TPSA) is 52.0 Å². The van der Waals surface area contributed by atoms with E-state index in [0.29, 0.717) is 0 Å². The van der Waals surface area contributed by atoms with Crippen LogP contribution in [0.5, 0.6) is 0 Å². The Labute approximate surface area is 139 Å². The normalized spacial score (nSPS) is 12.8. The van der Waals surface area contributed by atoms with Gasteiger partial charge in [-0.1, -0.05) is 45.0 Å². The van der Waals surface area contributed by atoms with Gasteiger partial charge in [0.2, 0.25) is 0 Å². The van der Waals surface area contributed by atoms with E-state index in [1.807, 2.05) is 38.1 Å². The summed E-state index contributed by atoms with van der Waals surface area (Å²) in [5.41, 5.74) is 2.74. The Kier molecular flexibility index (Phi) is 4.99. The van der Waals surface area contributed by atoms with E-state index in [0.717, 1.165) is 16.8 Å². The average Bonchev–Trinajstić information content (AvgIpc) is 2.84. The van der Waals surface area contributed by atoms with Crippen molar-refractivity contribution in [3.63, 3.8) is 0 Å². The van der Waals surface area contributed by atoms with Crippen molar-refractivity contribution in [2.24, 2.45) is 0 Å². The van der Waals surface area contributed by atoms with Crippen molar-refractivity contribution in [3.8, 4) is 0 Å². The fraction of sp³-hybridized carbons (Fsp3) is 0.500. The van der Waals surface area contributed by atoms with Gasteiger partial charge in [-0.25, -0.2) is 8.42 Å². The maximum atomic E-state index is 12.6. The highest BCUT2D eigenvalue weighted by Crippen LogP contribution is 2.24. The predicted molar refractivity (Wildman–Crippen MR) is 94.1 cm³/mol. The first-order chi connectivity index (χ1) is 10.6. The van der Waals surface area contributed by atoms with Crippen LogP contribution in [0.4, 0.5) is 0 Å². The van der Waals surface area contributed by atoms with Crippen LogP contribution in [0.15, 0.2) is 36.5 Å². The summed E-state index contributed by atoms with van der Waals surface area (Å²) in [6.45, 7) is 10.4. The monoisotopic (exact) mass is 334 g/mol. The lowest BCUT2D eigenvalue weighted by Crippen LogP contribution is -2.15. The number of sulfone groups is 1. The molecular formula is C18H26N2O2S. The molecule has 0 aliphatic rings. The van der Waals surface area contributed by atoms with E-state index in [4.69, 9.17) is 0 Å². The predicted octanol–water partition coefficient (Wildman–Crippen LogP) is 3.88. The van der Waals surface area contributed by atoms with E-state index in [-0.39, 0.29) is 23.0 Å². The third-order valence-electron chi connectivity index (χ3n) is 3.79. The Morgan fingerprint density at radius 1 is 1.13 bits per heavy atom. The molecule has 2 rings (SSSR count). The van der Waals surface area contributed by atoms with Gasteiger partial charge in [0.1, 0.15) is 0 Å². The second kappa shape index (κ2) is 6.48. The Hall–Kier alpha value is -1.62. The SMILES string of the molecule is CC(C)n1nccc1CS(=O)(=O)Cc1cccc(C(C)(C)C)c1. The number of aromatic nitrogens is 2. The number of rotatable bonds is 5. The molecule has 0 saturated heterocycles. The summed E-state index contributed by atoms with van der Waals surface area (Å²) in [6, 6.07) is 9.79. The number of benzene rings is 1. The molecule has 2 aromatic rings. The van der Waals surface area contributed by atoms with Crippen LogP contribution < -0.4 is 0 Å². The number of hydrogen-bond donors (Lipinski definition) is 0. The van der Waals surface area contributed by atoms with Crippen LogP contribution in [0.2, 0.25) is 0 Å². The molecular weight excluding hydrogens is 308 g/mol. The van der Waals surface area contributed by atoms with Crippen molar-refractivity contribution in [1.29, 1.82) is 0 Å². The molecule has 0 aliphatic heterocycles. The summed E-state index contributed by atoms with van der Waals surface area (Å²) in [5, 5.41) is 4.21. The molecule has 1 aromatic heterocycles. The van der Waals surface area contributed by atoms with Gasteiger partial charge >= 0.3 is 0 Å². The van der Waals surface area contributed by atoms with Gasteiger partial charge in [-0.15, -0.1) is 0 Å². The van der Waals surface area contributed by atoms with Crippen molar-refractivity contribution < 1.29 is 8.42 Å². The molecule has 0 atom stereocenters. The summed E-state index contributed by atoms with van der Waals surface area (Å²) in [4.78, 5) is 0. The largest absolute Gasteiger partial charge is 0.266 e. The molecule has 1 aromatic carbocycles. The van der Waals surface area contributed by atoms with E-state index in [2.05, 4.69) is 25.9 Å². The van der Waals surface area contributed by atoms with Crippen LogP contribution in [0.3, 0.4) is 0 Å². The fourth-order valence-corrected chi connectivity index (χ4v) is 4.05. The van der Waals surface area contributed by atoms with Crippen LogP contribution in [0, 0.1) is 0 Å². The molecule has 0 N–H and O–H groups in total. The van der Waals surface area contributed by atoms with Gasteiger partial charge in [0, 0.05) is 12.2 Å². The average molecular weight is 334 g/mol. The minimum absolute atomic E-state index is 0.00995. The molecule has 0 bridgehead atoms. The zero-order valence-electron chi connectivity index (χ0n) is 14.6. The molecule has 126 valence electrons. The van der Waals surface area contributed by atoms with Gasteiger partial charge in [0.25, 0.3) is 0 Å². The standard InChI is InChI=1S/C18H26N2O2S/c1-14(2)20-17(9-10-19-20)13-23(21,22)12-15-7-6-8-16(11-15)18(3,4)5/h6-11,14H,12-13H2,1-5H3. The van der Waals surface area contributed by atoms with Crippen molar-refractivity contribution in [2.75, 3.05) is 0 Å². The molecule has 0 fully saturated rings. The first-order valence-corrected chi connectivity index (χ1v) is 9.73. The Morgan fingerprint density at radius 2 is 1.83 bits per heavy atom. The Bertz CT molecular complexity index is 768. The quantitative estimate of drug-likeness (QED) is 0.834. The Balaban J connectivity index is 2.20. The molecule has 0 radical (unpaired) electrons. The fourth-order valence-electron chi connectivity index (χ4n) is 2.58. The molecule has 4 nitrogen and oxygen atoms in total. The smallest absolute Gasteiger partial charge is 0.160 e. The highest BCUT2D eigenvalue weighted by Gasteiger charge is 2.19.